The number of carbonyl (C=O) groups is 1. The lowest BCUT2D eigenvalue weighted by Crippen LogP contribution is -2.40. The van der Waals surface area contributed by atoms with Crippen LogP contribution in [0, 0.1) is 0 Å². The van der Waals surface area contributed by atoms with Crippen molar-refractivity contribution < 1.29 is 4.79 Å². The smallest absolute Gasteiger partial charge is 0.298 e. The lowest BCUT2D eigenvalue weighted by Gasteiger charge is -2.18. The Bertz CT molecular complexity index is 856. The highest BCUT2D eigenvalue weighted by Crippen LogP contribution is 2.19. The predicted octanol–water partition coefficient (Wildman–Crippen LogP) is 4.36. The number of hydrogen-bond acceptors (Lipinski definition) is 2. The van der Waals surface area contributed by atoms with Crippen LogP contribution < -0.4 is 10.2 Å². The number of fused-ring (bicyclic) bond motifs is 1. The maximum atomic E-state index is 12.4. The van der Waals surface area contributed by atoms with Crippen molar-refractivity contribution in [3.8, 4) is 0 Å². The van der Waals surface area contributed by atoms with E-state index < -0.39 is 0 Å². The van der Waals surface area contributed by atoms with Gasteiger partial charge in [0.2, 0.25) is 0 Å². The molecule has 0 radical (unpaired) electrons. The zero-order valence-electron chi connectivity index (χ0n) is 12.7. The topological polar surface area (TPSA) is 32.3 Å². The van der Waals surface area contributed by atoms with Crippen LogP contribution in [0.4, 0.5) is 10.5 Å². The lowest BCUT2D eigenvalue weighted by molar-refractivity contribution is 0.252. The molecule has 0 heterocycles. The van der Waals surface area contributed by atoms with Gasteiger partial charge in [0.05, 0.1) is 0 Å². The number of thiocarbonyl (C=S) groups is 1. The molecular formula is C19H16N2OS. The minimum atomic E-state index is -0.255. The standard InChI is InChI=1S/C19H16N2OS/c1-21(15-10-3-2-4-11-15)19(22)20-18(23)17-13-7-9-14-8-5-6-12-16(14)17/h2-13H,1H3,(H,20,22,23). The molecule has 0 aromatic heterocycles. The van der Waals surface area contributed by atoms with Crippen molar-refractivity contribution in [2.45, 2.75) is 0 Å². The van der Waals surface area contributed by atoms with Gasteiger partial charge >= 0.3 is 6.03 Å². The summed E-state index contributed by atoms with van der Waals surface area (Å²) in [6.07, 6.45) is 0. The molecule has 4 heteroatoms. The van der Waals surface area contributed by atoms with Gasteiger partial charge in [-0.1, -0.05) is 72.9 Å². The molecule has 23 heavy (non-hydrogen) atoms. The maximum Gasteiger partial charge on any atom is 0.326 e. The Morgan fingerprint density at radius 2 is 1.57 bits per heavy atom. The number of benzene rings is 3. The van der Waals surface area contributed by atoms with Crippen molar-refractivity contribution in [1.29, 1.82) is 0 Å². The molecule has 3 aromatic carbocycles. The lowest BCUT2D eigenvalue weighted by atomic mass is 10.0. The van der Waals surface area contributed by atoms with Gasteiger partial charge in [0.1, 0.15) is 4.99 Å². The Morgan fingerprint density at radius 3 is 2.35 bits per heavy atom. The fraction of sp³-hybridized carbons (Fsp3) is 0.0526. The van der Waals surface area contributed by atoms with Crippen LogP contribution in [0.2, 0.25) is 0 Å². The Morgan fingerprint density at radius 1 is 0.913 bits per heavy atom. The highest BCUT2D eigenvalue weighted by Gasteiger charge is 2.14. The summed E-state index contributed by atoms with van der Waals surface area (Å²) in [7, 11) is 1.72. The molecule has 0 aliphatic rings. The highest BCUT2D eigenvalue weighted by atomic mass is 32.1. The van der Waals surface area contributed by atoms with Crippen molar-refractivity contribution >= 4 is 39.7 Å². The average molecular weight is 320 g/mol. The van der Waals surface area contributed by atoms with E-state index in [-0.39, 0.29) is 6.03 Å². The molecule has 0 atom stereocenters. The van der Waals surface area contributed by atoms with Crippen LogP contribution in [0.5, 0.6) is 0 Å². The highest BCUT2D eigenvalue weighted by molar-refractivity contribution is 7.80. The van der Waals surface area contributed by atoms with E-state index in [0.717, 1.165) is 22.0 Å². The number of hydrogen-bond donors (Lipinski definition) is 1. The summed E-state index contributed by atoms with van der Waals surface area (Å²) < 4.78 is 0. The minimum Gasteiger partial charge on any atom is -0.298 e. The second kappa shape index (κ2) is 6.58. The number of nitrogens with one attached hydrogen (secondary N) is 1. The number of urea groups is 1. The number of amides is 2. The number of rotatable bonds is 2. The first-order valence-corrected chi connectivity index (χ1v) is 7.69. The molecule has 0 fully saturated rings. The molecular weight excluding hydrogens is 304 g/mol. The van der Waals surface area contributed by atoms with E-state index in [4.69, 9.17) is 12.2 Å². The first-order valence-electron chi connectivity index (χ1n) is 7.28. The molecule has 1 N–H and O–H groups in total. The van der Waals surface area contributed by atoms with E-state index in [1.807, 2.05) is 72.8 Å². The third-order valence-electron chi connectivity index (χ3n) is 3.70. The van der Waals surface area contributed by atoms with Crippen molar-refractivity contribution in [1.82, 2.24) is 5.32 Å². The third-order valence-corrected chi connectivity index (χ3v) is 4.02. The molecule has 0 aliphatic heterocycles. The zero-order chi connectivity index (χ0) is 16.2. The van der Waals surface area contributed by atoms with Crippen LogP contribution in [0.3, 0.4) is 0 Å². The summed E-state index contributed by atoms with van der Waals surface area (Å²) >= 11 is 5.43. The van der Waals surface area contributed by atoms with Gasteiger partial charge in [0.15, 0.2) is 0 Å². The molecule has 0 spiro atoms. The van der Waals surface area contributed by atoms with Gasteiger partial charge in [-0.15, -0.1) is 0 Å². The number of anilines is 1. The molecule has 3 aromatic rings. The third kappa shape index (κ3) is 3.22. The van der Waals surface area contributed by atoms with E-state index in [1.54, 1.807) is 7.05 Å². The molecule has 0 saturated carbocycles. The van der Waals surface area contributed by atoms with Crippen LogP contribution >= 0.6 is 12.2 Å². The van der Waals surface area contributed by atoms with Gasteiger partial charge in [-0.25, -0.2) is 4.79 Å². The zero-order valence-corrected chi connectivity index (χ0v) is 13.5. The molecule has 3 rings (SSSR count). The molecule has 0 unspecified atom stereocenters. The average Bonchev–Trinajstić information content (AvgIpc) is 2.61. The fourth-order valence-corrected chi connectivity index (χ4v) is 2.71. The Hall–Kier alpha value is -2.72. The van der Waals surface area contributed by atoms with E-state index in [2.05, 4.69) is 5.32 Å². The summed E-state index contributed by atoms with van der Waals surface area (Å²) in [5.41, 5.74) is 1.67. The summed E-state index contributed by atoms with van der Waals surface area (Å²) in [6, 6.07) is 23.1. The van der Waals surface area contributed by atoms with Crippen LogP contribution in [0.25, 0.3) is 10.8 Å². The molecule has 114 valence electrons. The van der Waals surface area contributed by atoms with E-state index in [1.165, 1.54) is 4.90 Å². The van der Waals surface area contributed by atoms with Gasteiger partial charge in [-0.05, 0) is 22.9 Å². The van der Waals surface area contributed by atoms with E-state index in [0.29, 0.717) is 4.99 Å². The van der Waals surface area contributed by atoms with Crippen molar-refractivity contribution in [3.63, 3.8) is 0 Å². The molecule has 0 aliphatic carbocycles. The second-order valence-corrected chi connectivity index (χ2v) is 5.59. The summed E-state index contributed by atoms with van der Waals surface area (Å²) in [6.45, 7) is 0. The summed E-state index contributed by atoms with van der Waals surface area (Å²) in [4.78, 5) is 14.4. The summed E-state index contributed by atoms with van der Waals surface area (Å²) in [5.74, 6) is 0. The Labute approximate surface area is 140 Å². The maximum absolute atomic E-state index is 12.4. The molecule has 0 saturated heterocycles. The largest absolute Gasteiger partial charge is 0.326 e. The van der Waals surface area contributed by atoms with Gasteiger partial charge in [-0.2, -0.15) is 0 Å². The SMILES string of the molecule is CN(C(=O)NC(=S)c1cccc2ccccc12)c1ccccc1. The van der Waals surface area contributed by atoms with Crippen LogP contribution in [0.15, 0.2) is 72.8 Å². The van der Waals surface area contributed by atoms with Gasteiger partial charge in [0.25, 0.3) is 0 Å². The molecule has 2 amide bonds. The Kier molecular flexibility index (Phi) is 4.35. The van der Waals surface area contributed by atoms with Gasteiger partial charge in [0, 0.05) is 18.3 Å². The van der Waals surface area contributed by atoms with Gasteiger partial charge < -0.3 is 0 Å². The monoisotopic (exact) mass is 320 g/mol. The predicted molar refractivity (Wildman–Crippen MR) is 99.0 cm³/mol. The van der Waals surface area contributed by atoms with Crippen LogP contribution in [0.1, 0.15) is 5.56 Å². The van der Waals surface area contributed by atoms with Gasteiger partial charge in [-0.3, -0.25) is 10.2 Å². The second-order valence-electron chi connectivity index (χ2n) is 5.18. The first kappa shape index (κ1) is 15.2. The quantitative estimate of drug-likeness (QED) is 0.712. The first-order chi connectivity index (χ1) is 11.2. The molecule has 0 bridgehead atoms. The van der Waals surface area contributed by atoms with E-state index in [9.17, 15) is 4.79 Å². The van der Waals surface area contributed by atoms with Crippen molar-refractivity contribution in [2.75, 3.05) is 11.9 Å². The van der Waals surface area contributed by atoms with Crippen LogP contribution in [-0.2, 0) is 0 Å². The number of nitrogens with zero attached hydrogens (tertiary/aromatic N) is 1. The van der Waals surface area contributed by atoms with E-state index >= 15 is 0 Å². The number of carbonyl (C=O) groups excluding carboxylic acids is 1. The normalized spacial score (nSPS) is 10.3. The number of para-hydroxylation sites is 1. The molecule has 3 nitrogen and oxygen atoms in total. The summed E-state index contributed by atoms with van der Waals surface area (Å²) in [5, 5.41) is 4.93. The van der Waals surface area contributed by atoms with Crippen LogP contribution in [-0.4, -0.2) is 18.1 Å². The van der Waals surface area contributed by atoms with Crippen molar-refractivity contribution in [2.24, 2.45) is 0 Å². The minimum absolute atomic E-state index is 0.255. The van der Waals surface area contributed by atoms with Crippen molar-refractivity contribution in [3.05, 3.63) is 78.4 Å². The Balaban J connectivity index is 1.82. The fourth-order valence-electron chi connectivity index (χ4n) is 2.44.